The number of hydrogen-bond acceptors (Lipinski definition) is 33. The van der Waals surface area contributed by atoms with E-state index in [9.17, 15) is 96.5 Å². The number of ether oxygens (including phenoxy) is 8. The molecule has 136 heavy (non-hydrogen) atoms. The van der Waals surface area contributed by atoms with Crippen LogP contribution in [0.4, 0.5) is 39.8 Å². The van der Waals surface area contributed by atoms with Crippen LogP contribution in [0.5, 0.6) is 46.5 Å². The van der Waals surface area contributed by atoms with E-state index >= 15 is 0 Å². The third-order valence-corrected chi connectivity index (χ3v) is 23.4. The van der Waals surface area contributed by atoms with Gasteiger partial charge in [-0.25, -0.2) is 68.1 Å². The lowest BCUT2D eigenvalue weighted by atomic mass is 10.0. The van der Waals surface area contributed by atoms with Gasteiger partial charge < -0.3 is 59.2 Å². The van der Waals surface area contributed by atoms with E-state index < -0.39 is 157 Å². The van der Waals surface area contributed by atoms with Gasteiger partial charge in [0.15, 0.2) is 40.1 Å². The summed E-state index contributed by atoms with van der Waals surface area (Å²) in [5.74, 6) is -9.57. The van der Waals surface area contributed by atoms with Gasteiger partial charge in [-0.05, 0) is 125 Å². The van der Waals surface area contributed by atoms with Crippen LogP contribution in [0, 0.1) is 31.0 Å². The molecule has 8 heterocycles. The number of nitriles is 1. The second-order valence-corrected chi connectivity index (χ2v) is 38.6. The van der Waals surface area contributed by atoms with Crippen LogP contribution >= 0.6 is 0 Å². The van der Waals surface area contributed by atoms with Gasteiger partial charge in [-0.3, -0.25) is 77.1 Å². The lowest BCUT2D eigenvalue weighted by Gasteiger charge is -2.26. The Bertz CT molecular complexity index is 6480. The zero-order valence-electron chi connectivity index (χ0n) is 75.6. The Kier molecular flexibility index (Phi) is 33.0. The zero-order valence-corrected chi connectivity index (χ0v) is 78.9. The highest BCUT2D eigenvalue weighted by Gasteiger charge is 2.50. The SMILES string of the molecule is CCOc1nc([C@H](CS(C)(=O)=O)N2C(=O)c3c(C#N)ccc(NC(C)=O)c3C2=O)ccc1OC.[C-]#[N+]c1cc(NC(C)=O)c2c(c1)C(=O)N(C(CS(C)(=O)=O)c1ccc(OC)c(OCC)n1)C2=O.[C-]#[N+]c1cc(NC(C)=O)c2c(c1)C(=O)N([C@@H](CS(C)(=O)=O)c1ccc(OC)c(OCC)n1)C2=O.[C-]#[N+]c1cc(NC(C)=O)c2c(c1)C(=O)N([C@H](CS(C)(=O)=O)c1ccc(OC)c(OCC)n1)C2=O. The Labute approximate surface area is 780 Å². The summed E-state index contributed by atoms with van der Waals surface area (Å²) < 4.78 is 141. The summed E-state index contributed by atoms with van der Waals surface area (Å²) in [6.45, 7) is 34.6. The van der Waals surface area contributed by atoms with E-state index in [-0.39, 0.29) is 168 Å². The summed E-state index contributed by atoms with van der Waals surface area (Å²) >= 11 is 0. The molecule has 4 aliphatic rings. The molecule has 0 saturated heterocycles. The number of anilines is 4. The predicted molar refractivity (Wildman–Crippen MR) is 486 cm³/mol. The maximum Gasteiger partial charge on any atom is 0.264 e. The number of rotatable bonds is 32. The minimum atomic E-state index is -3.72. The minimum absolute atomic E-state index is 0.00680. The van der Waals surface area contributed by atoms with Crippen molar-refractivity contribution in [1.29, 1.82) is 5.26 Å². The minimum Gasteiger partial charge on any atom is -0.491 e. The fourth-order valence-electron chi connectivity index (χ4n) is 14.5. The number of nitrogens with one attached hydrogen (secondary N) is 4. The predicted octanol–water partition coefficient (Wildman–Crippen LogP) is 8.84. The molecule has 48 heteroatoms. The Hall–Kier alpha value is -15.9. The first-order valence-corrected chi connectivity index (χ1v) is 48.5. The van der Waals surface area contributed by atoms with Crippen molar-refractivity contribution in [1.82, 2.24) is 39.5 Å². The van der Waals surface area contributed by atoms with Gasteiger partial charge in [0.1, 0.15) is 39.3 Å². The fraction of sp³-hybridized carbons (Fsp3) is 0.318. The number of carbonyl (C=O) groups excluding carboxylic acids is 12. The Morgan fingerprint density at radius 3 is 0.794 bits per heavy atom. The first-order chi connectivity index (χ1) is 64.0. The van der Waals surface area contributed by atoms with E-state index in [4.69, 9.17) is 57.6 Å². The molecule has 0 saturated carbocycles. The third kappa shape index (κ3) is 23.7. The van der Waals surface area contributed by atoms with Crippen molar-refractivity contribution >= 4 is 150 Å². The van der Waals surface area contributed by atoms with Gasteiger partial charge in [-0.1, -0.05) is 0 Å². The van der Waals surface area contributed by atoms with Crippen molar-refractivity contribution in [2.24, 2.45) is 0 Å². The summed E-state index contributed by atoms with van der Waals surface area (Å²) in [6, 6.07) is 18.6. The van der Waals surface area contributed by atoms with Gasteiger partial charge in [0.2, 0.25) is 23.6 Å². The van der Waals surface area contributed by atoms with Gasteiger partial charge in [0.05, 0.1) is 190 Å². The number of amides is 12. The number of methoxy groups -OCH3 is 4. The molecule has 4 aliphatic heterocycles. The molecular weight excluding hydrogens is 1860 g/mol. The quantitative estimate of drug-likeness (QED) is 0.0226. The third-order valence-electron chi connectivity index (χ3n) is 19.7. The first-order valence-electron chi connectivity index (χ1n) is 40.3. The van der Waals surface area contributed by atoms with Crippen molar-refractivity contribution in [3.05, 3.63) is 204 Å². The van der Waals surface area contributed by atoms with Gasteiger partial charge in [-0.15, -0.1) is 0 Å². The number of benzene rings is 4. The van der Waals surface area contributed by atoms with Crippen molar-refractivity contribution < 1.29 is 129 Å². The molecule has 12 rings (SSSR count). The van der Waals surface area contributed by atoms with Crippen LogP contribution in [0.15, 0.2) is 97.1 Å². The standard InChI is InChI=1S/4C22H22N4O7S/c3*1-6-33-20-18(32-4)8-7-15(25-20)17(11-34(5,30)31)26-21(28)14-9-13(23-3)10-16(24-12(2)27)19(14)22(26)29;1-5-33-20-17(32-3)9-8-14(25-20)16(11-34(4,30)31)26-21(28)18-13(10-23)6-7-15(24-12(2)27)19(18)22(26)29/h3*7-10,17H,6,11H2,1-2,4-5H3,(H,24,27);6-9,16H,5,11H2,1-4H3,(H,24,27)/t2*17-;;16-/m10.0/s1. The highest BCUT2D eigenvalue weighted by atomic mass is 32.2. The average Bonchev–Trinajstić information content (AvgIpc) is 1.59. The van der Waals surface area contributed by atoms with Crippen LogP contribution in [0.2, 0.25) is 0 Å². The van der Waals surface area contributed by atoms with Crippen molar-refractivity contribution in [3.63, 3.8) is 0 Å². The van der Waals surface area contributed by atoms with Crippen molar-refractivity contribution in [2.75, 3.05) is 124 Å². The molecule has 0 bridgehead atoms. The van der Waals surface area contributed by atoms with E-state index in [0.717, 1.165) is 44.6 Å². The van der Waals surface area contributed by atoms with E-state index in [0.29, 0.717) is 17.2 Å². The van der Waals surface area contributed by atoms with E-state index in [1.807, 2.05) is 6.07 Å². The molecule has 12 amide bonds. The molecule has 0 aliphatic carbocycles. The van der Waals surface area contributed by atoms with Gasteiger partial charge in [0, 0.05) is 86.5 Å². The van der Waals surface area contributed by atoms with Crippen molar-refractivity contribution in [3.8, 4) is 52.6 Å². The summed E-state index contributed by atoms with van der Waals surface area (Å²) in [4.78, 5) is 184. The number of pyridine rings is 4. The number of hydrogen-bond donors (Lipinski definition) is 4. The molecular formula is C88H88N16O28S4. The van der Waals surface area contributed by atoms with Gasteiger partial charge in [-0.2, -0.15) is 5.26 Å². The molecule has 4 aromatic heterocycles. The van der Waals surface area contributed by atoms with Crippen LogP contribution in [0.1, 0.15) is 191 Å². The topological polar surface area (TPSA) is 565 Å². The van der Waals surface area contributed by atoms with Crippen LogP contribution < -0.4 is 59.2 Å². The fourth-order valence-corrected chi connectivity index (χ4v) is 18.0. The number of imide groups is 4. The smallest absolute Gasteiger partial charge is 0.264 e. The molecule has 4 atom stereocenters. The number of aromatic nitrogens is 4. The van der Waals surface area contributed by atoms with Crippen molar-refractivity contribution in [2.45, 2.75) is 79.6 Å². The highest BCUT2D eigenvalue weighted by molar-refractivity contribution is 7.91. The lowest BCUT2D eigenvalue weighted by Crippen LogP contribution is -2.38. The molecule has 0 radical (unpaired) electrons. The molecule has 0 fully saturated rings. The maximum absolute atomic E-state index is 13.5. The molecule has 4 N–H and O–H groups in total. The molecule has 1 unspecified atom stereocenters. The largest absolute Gasteiger partial charge is 0.491 e. The normalized spacial score (nSPS) is 13.8. The number of sulfone groups is 4. The van der Waals surface area contributed by atoms with E-state index in [1.54, 1.807) is 27.7 Å². The molecule has 8 aromatic rings. The Morgan fingerprint density at radius 2 is 0.581 bits per heavy atom. The number of carbonyl (C=O) groups is 12. The maximum atomic E-state index is 13.5. The van der Waals surface area contributed by atoms with Crippen LogP contribution in [-0.2, 0) is 58.5 Å². The van der Waals surface area contributed by atoms with Crippen LogP contribution in [0.25, 0.3) is 14.5 Å². The summed E-state index contributed by atoms with van der Waals surface area (Å²) in [5, 5.41) is 19.4. The summed E-state index contributed by atoms with van der Waals surface area (Å²) in [7, 11) is -9.18. The molecule has 44 nitrogen and oxygen atoms in total. The highest BCUT2D eigenvalue weighted by Crippen LogP contribution is 2.46. The van der Waals surface area contributed by atoms with E-state index in [2.05, 4.69) is 55.7 Å². The summed E-state index contributed by atoms with van der Waals surface area (Å²) in [5.41, 5.74) is -0.703. The second kappa shape index (κ2) is 43.2. The number of nitrogens with zero attached hydrogens (tertiary/aromatic N) is 12. The van der Waals surface area contributed by atoms with Crippen LogP contribution in [0.3, 0.4) is 0 Å². The average molecular weight is 1950 g/mol. The Balaban J connectivity index is 0.000000203. The molecule has 4 aromatic carbocycles. The molecule has 712 valence electrons. The van der Waals surface area contributed by atoms with Gasteiger partial charge in [0.25, 0.3) is 70.8 Å². The number of fused-ring (bicyclic) bond motifs is 4. The van der Waals surface area contributed by atoms with Gasteiger partial charge >= 0.3 is 0 Å². The van der Waals surface area contributed by atoms with E-state index in [1.165, 1.54) is 153 Å². The first kappa shape index (κ1) is 104. The lowest BCUT2D eigenvalue weighted by molar-refractivity contribution is -0.115. The zero-order chi connectivity index (χ0) is 101. The second-order valence-electron chi connectivity index (χ2n) is 29.9. The summed E-state index contributed by atoms with van der Waals surface area (Å²) in [6.07, 6.45) is 3.90. The Morgan fingerprint density at radius 1 is 0.353 bits per heavy atom. The van der Waals surface area contributed by atoms with Crippen LogP contribution in [-0.4, -0.2) is 247 Å². The monoisotopic (exact) mass is 1940 g/mol. The molecule has 0 spiro atoms.